The van der Waals surface area contributed by atoms with Crippen LogP contribution in [0.5, 0.6) is 0 Å². The number of nitrogens with one attached hydrogen (secondary N) is 1. The van der Waals surface area contributed by atoms with Crippen LogP contribution in [-0.4, -0.2) is 28.8 Å². The summed E-state index contributed by atoms with van der Waals surface area (Å²) in [7, 11) is 0. The third-order valence-electron chi connectivity index (χ3n) is 3.88. The van der Waals surface area contributed by atoms with E-state index >= 15 is 0 Å². The number of aromatic nitrogens is 1. The van der Waals surface area contributed by atoms with Crippen LogP contribution in [0.15, 0.2) is 41.0 Å². The highest BCUT2D eigenvalue weighted by molar-refractivity contribution is 9.10. The Morgan fingerprint density at radius 1 is 1.24 bits per heavy atom. The Bertz CT molecular complexity index is 796. The summed E-state index contributed by atoms with van der Waals surface area (Å²) in [4.78, 5) is 17.1. The zero-order valence-electron chi connectivity index (χ0n) is 12.7. The van der Waals surface area contributed by atoms with Crippen LogP contribution in [0.25, 0.3) is 0 Å². The average molecular weight is 416 g/mol. The molecule has 1 aliphatic rings. The lowest BCUT2D eigenvalue weighted by molar-refractivity contribution is -0.137. The van der Waals surface area contributed by atoms with Crippen molar-refractivity contribution in [3.8, 4) is 0 Å². The number of amides is 1. The van der Waals surface area contributed by atoms with Gasteiger partial charge in [0.05, 0.1) is 23.0 Å². The highest BCUT2D eigenvalue weighted by Gasteiger charge is 2.31. The Hall–Kier alpha value is -2.29. The van der Waals surface area contributed by atoms with E-state index in [1.807, 2.05) is 0 Å². The van der Waals surface area contributed by atoms with Gasteiger partial charge in [0.15, 0.2) is 0 Å². The Balaban J connectivity index is 1.97. The molecule has 0 radical (unpaired) electrons. The smallest absolute Gasteiger partial charge is 0.416 e. The molecule has 0 saturated carbocycles. The molecule has 2 N–H and O–H groups in total. The van der Waals surface area contributed by atoms with Crippen LogP contribution in [0.2, 0.25) is 0 Å². The predicted octanol–water partition coefficient (Wildman–Crippen LogP) is 4.19. The third kappa shape index (κ3) is 3.87. The van der Waals surface area contributed by atoms with E-state index in [9.17, 15) is 18.0 Å². The summed E-state index contributed by atoms with van der Waals surface area (Å²) < 4.78 is 38.8. The molecule has 1 atom stereocenters. The van der Waals surface area contributed by atoms with E-state index in [1.54, 1.807) is 17.0 Å². The van der Waals surface area contributed by atoms with Crippen molar-refractivity contribution in [3.63, 3.8) is 0 Å². The van der Waals surface area contributed by atoms with Gasteiger partial charge in [-0.15, -0.1) is 0 Å². The van der Waals surface area contributed by atoms with Crippen LogP contribution in [0.1, 0.15) is 11.3 Å². The number of fused-ring (bicyclic) bond motifs is 1. The summed E-state index contributed by atoms with van der Waals surface area (Å²) in [5, 5.41) is 11.4. The molecular weight excluding hydrogens is 403 g/mol. The van der Waals surface area contributed by atoms with E-state index in [-0.39, 0.29) is 0 Å². The molecule has 2 heterocycles. The molecule has 25 heavy (non-hydrogen) atoms. The van der Waals surface area contributed by atoms with Crippen LogP contribution in [0.3, 0.4) is 0 Å². The maximum atomic E-state index is 12.7. The molecule has 1 unspecified atom stereocenters. The largest absolute Gasteiger partial charge is 0.465 e. The quantitative estimate of drug-likeness (QED) is 0.721. The number of benzene rings is 1. The number of rotatable bonds is 2. The summed E-state index contributed by atoms with van der Waals surface area (Å²) in [6.07, 6.45) is -5.16. The fourth-order valence-corrected chi connectivity index (χ4v) is 3.17. The van der Waals surface area contributed by atoms with Gasteiger partial charge in [-0.1, -0.05) is 0 Å². The predicted molar refractivity (Wildman–Crippen MR) is 89.0 cm³/mol. The van der Waals surface area contributed by atoms with Crippen LogP contribution in [0, 0.1) is 0 Å². The Labute approximate surface area is 149 Å². The normalized spacial score (nSPS) is 17.1. The number of nitrogens with zero attached hydrogens (tertiary/aromatic N) is 2. The van der Waals surface area contributed by atoms with Crippen molar-refractivity contribution in [1.82, 2.24) is 10.3 Å². The lowest BCUT2D eigenvalue weighted by atomic mass is 10.0. The van der Waals surface area contributed by atoms with Crippen LogP contribution >= 0.6 is 15.9 Å². The molecule has 0 aliphatic carbocycles. The number of halogens is 4. The fourth-order valence-electron chi connectivity index (χ4n) is 2.83. The molecule has 0 bridgehead atoms. The minimum Gasteiger partial charge on any atom is -0.465 e. The second-order valence-electron chi connectivity index (χ2n) is 5.61. The van der Waals surface area contributed by atoms with Crippen LogP contribution < -0.4 is 10.2 Å². The SMILES string of the molecule is O=C(O)NC1Cc2nc(Br)ccc2N(c2ccc(C(F)(F)F)cc2)C1. The molecule has 0 fully saturated rings. The van der Waals surface area contributed by atoms with Crippen molar-refractivity contribution in [2.45, 2.75) is 18.6 Å². The number of hydrogen-bond acceptors (Lipinski definition) is 3. The van der Waals surface area contributed by atoms with Gasteiger partial charge in [0, 0.05) is 18.7 Å². The first kappa shape index (κ1) is 17.5. The van der Waals surface area contributed by atoms with Crippen LogP contribution in [-0.2, 0) is 12.6 Å². The van der Waals surface area contributed by atoms with Gasteiger partial charge in [0.2, 0.25) is 0 Å². The van der Waals surface area contributed by atoms with E-state index < -0.39 is 23.9 Å². The van der Waals surface area contributed by atoms with Crippen molar-refractivity contribution in [2.24, 2.45) is 0 Å². The minimum absolute atomic E-state index is 0.300. The van der Waals surface area contributed by atoms with Crippen molar-refractivity contribution in [1.29, 1.82) is 0 Å². The number of hydrogen-bond donors (Lipinski definition) is 2. The Morgan fingerprint density at radius 2 is 1.92 bits per heavy atom. The molecule has 3 rings (SSSR count). The highest BCUT2D eigenvalue weighted by atomic mass is 79.9. The summed E-state index contributed by atoms with van der Waals surface area (Å²) in [6.45, 7) is 0.300. The molecule has 1 aromatic carbocycles. The number of pyridine rings is 1. The fraction of sp³-hybridized carbons (Fsp3) is 0.250. The van der Waals surface area contributed by atoms with Gasteiger partial charge in [-0.25, -0.2) is 9.78 Å². The topological polar surface area (TPSA) is 65.5 Å². The lowest BCUT2D eigenvalue weighted by Crippen LogP contribution is -2.46. The number of anilines is 2. The van der Waals surface area contributed by atoms with Gasteiger partial charge >= 0.3 is 12.3 Å². The van der Waals surface area contributed by atoms with Crippen molar-refractivity contribution in [2.75, 3.05) is 11.4 Å². The first-order chi connectivity index (χ1) is 11.7. The molecule has 1 aliphatic heterocycles. The summed E-state index contributed by atoms with van der Waals surface area (Å²) in [5.74, 6) is 0. The van der Waals surface area contributed by atoms with Crippen molar-refractivity contribution < 1.29 is 23.1 Å². The molecule has 1 amide bonds. The van der Waals surface area contributed by atoms with E-state index in [0.717, 1.165) is 17.8 Å². The molecule has 0 saturated heterocycles. The van der Waals surface area contributed by atoms with Gasteiger partial charge < -0.3 is 15.3 Å². The molecule has 2 aromatic rings. The Kier molecular flexibility index (Phi) is 4.59. The first-order valence-electron chi connectivity index (χ1n) is 7.34. The Morgan fingerprint density at radius 3 is 2.52 bits per heavy atom. The maximum absolute atomic E-state index is 12.7. The lowest BCUT2D eigenvalue weighted by Gasteiger charge is -2.35. The maximum Gasteiger partial charge on any atom is 0.416 e. The summed E-state index contributed by atoms with van der Waals surface area (Å²) >= 11 is 3.28. The van der Waals surface area contributed by atoms with Gasteiger partial charge in [-0.2, -0.15) is 13.2 Å². The molecule has 1 aromatic heterocycles. The molecule has 132 valence electrons. The summed E-state index contributed by atoms with van der Waals surface area (Å²) in [5.41, 5.74) is 1.21. The van der Waals surface area contributed by atoms with Gasteiger partial charge in [0.25, 0.3) is 0 Å². The molecular formula is C16H13BrF3N3O2. The van der Waals surface area contributed by atoms with Gasteiger partial charge in [-0.3, -0.25) is 0 Å². The molecule has 9 heteroatoms. The van der Waals surface area contributed by atoms with E-state index in [4.69, 9.17) is 5.11 Å². The third-order valence-corrected chi connectivity index (χ3v) is 4.33. The zero-order valence-corrected chi connectivity index (χ0v) is 14.3. The van der Waals surface area contributed by atoms with Gasteiger partial charge in [0.1, 0.15) is 4.60 Å². The second-order valence-corrected chi connectivity index (χ2v) is 6.42. The minimum atomic E-state index is -4.40. The summed E-state index contributed by atoms with van der Waals surface area (Å²) in [6, 6.07) is 7.89. The van der Waals surface area contributed by atoms with Gasteiger partial charge in [-0.05, 0) is 52.3 Å². The highest BCUT2D eigenvalue weighted by Crippen LogP contribution is 2.36. The molecule has 0 spiro atoms. The number of carbonyl (C=O) groups is 1. The molecule has 5 nitrogen and oxygen atoms in total. The van der Waals surface area contributed by atoms with Crippen molar-refractivity contribution >= 4 is 33.4 Å². The zero-order chi connectivity index (χ0) is 18.2. The van der Waals surface area contributed by atoms with E-state index in [0.29, 0.717) is 29.0 Å². The van der Waals surface area contributed by atoms with Crippen LogP contribution in [0.4, 0.5) is 29.3 Å². The number of carboxylic acid groups (broad SMARTS) is 1. The van der Waals surface area contributed by atoms with E-state index in [2.05, 4.69) is 26.2 Å². The first-order valence-corrected chi connectivity index (χ1v) is 8.13. The van der Waals surface area contributed by atoms with E-state index in [1.165, 1.54) is 12.1 Å². The monoisotopic (exact) mass is 415 g/mol. The van der Waals surface area contributed by atoms with Crippen molar-refractivity contribution in [3.05, 3.63) is 52.3 Å². The standard InChI is InChI=1S/C16H13BrF3N3O2/c17-14-6-5-13-12(22-14)7-10(21-15(24)25)8-23(13)11-3-1-9(2-4-11)16(18,19)20/h1-6,10,21H,7-8H2,(H,24,25). The second kappa shape index (κ2) is 6.55. The average Bonchev–Trinajstić information content (AvgIpc) is 2.52. The number of alkyl halides is 3.